The molecule has 0 aromatic carbocycles. The van der Waals surface area contributed by atoms with Crippen LogP contribution in [0.2, 0.25) is 0 Å². The van der Waals surface area contributed by atoms with E-state index in [9.17, 15) is 0 Å². The molecule has 82 valence electrons. The van der Waals surface area contributed by atoms with E-state index in [0.717, 1.165) is 16.5 Å². The molecule has 15 heavy (non-hydrogen) atoms. The summed E-state index contributed by atoms with van der Waals surface area (Å²) in [4.78, 5) is 4.07. The fourth-order valence-electron chi connectivity index (χ4n) is 1.08. The van der Waals surface area contributed by atoms with E-state index in [0.29, 0.717) is 6.04 Å². The minimum atomic E-state index is -0.0644. The van der Waals surface area contributed by atoms with Gasteiger partial charge in [-0.2, -0.15) is 9.64 Å². The van der Waals surface area contributed by atoms with E-state index in [2.05, 4.69) is 20.7 Å². The Balaban J connectivity index is 2.21. The zero-order valence-electron chi connectivity index (χ0n) is 8.80. The summed E-state index contributed by atoms with van der Waals surface area (Å²) in [5.74, 6) is 0.896. The average molecular weight is 242 g/mol. The molecule has 1 aromatic rings. The van der Waals surface area contributed by atoms with Crippen molar-refractivity contribution in [2.45, 2.75) is 36.7 Å². The number of thioether (sulfide) groups is 1. The van der Waals surface area contributed by atoms with Crippen LogP contribution in [0.1, 0.15) is 20.3 Å². The first-order valence-electron chi connectivity index (χ1n) is 4.77. The van der Waals surface area contributed by atoms with Gasteiger partial charge in [0.05, 0.1) is 12.1 Å². The van der Waals surface area contributed by atoms with E-state index >= 15 is 0 Å². The second-order valence-corrected chi connectivity index (χ2v) is 5.47. The zero-order chi connectivity index (χ0) is 11.1. The second-order valence-electron chi connectivity index (χ2n) is 3.35. The lowest BCUT2D eigenvalue weighted by atomic mass is 10.2. The standard InChI is InChI=1S/C9H14N4S2/c1-7(2)13-8(5-10)3-4-14-9-11-6-12-15-9/h6-8,13H,3-4H2,1-2H3. The Morgan fingerprint density at radius 3 is 3.00 bits per heavy atom. The first-order valence-corrected chi connectivity index (χ1v) is 6.53. The number of nitrogens with one attached hydrogen (secondary N) is 1. The molecule has 1 atom stereocenters. The van der Waals surface area contributed by atoms with Crippen molar-refractivity contribution in [1.29, 1.82) is 5.26 Å². The molecule has 0 aliphatic rings. The molecule has 1 unspecified atom stereocenters. The molecule has 0 aliphatic heterocycles. The Morgan fingerprint density at radius 1 is 1.67 bits per heavy atom. The van der Waals surface area contributed by atoms with Crippen LogP contribution in [0.4, 0.5) is 0 Å². The van der Waals surface area contributed by atoms with Crippen molar-refractivity contribution in [3.8, 4) is 6.07 Å². The van der Waals surface area contributed by atoms with E-state index in [1.54, 1.807) is 18.1 Å². The zero-order valence-corrected chi connectivity index (χ0v) is 10.4. The first-order chi connectivity index (χ1) is 7.22. The van der Waals surface area contributed by atoms with Crippen LogP contribution in [-0.4, -0.2) is 27.2 Å². The molecule has 0 fully saturated rings. The SMILES string of the molecule is CC(C)NC(C#N)CCSc1ncns1. The van der Waals surface area contributed by atoms with Crippen molar-refractivity contribution in [2.75, 3.05) is 5.75 Å². The molecule has 0 amide bonds. The summed E-state index contributed by atoms with van der Waals surface area (Å²) in [6, 6.07) is 2.54. The fraction of sp³-hybridized carbons (Fsp3) is 0.667. The van der Waals surface area contributed by atoms with Gasteiger partial charge in [0.25, 0.3) is 0 Å². The van der Waals surface area contributed by atoms with Gasteiger partial charge >= 0.3 is 0 Å². The maximum absolute atomic E-state index is 8.88. The van der Waals surface area contributed by atoms with Gasteiger partial charge in [0.2, 0.25) is 0 Å². The van der Waals surface area contributed by atoms with E-state index in [4.69, 9.17) is 5.26 Å². The topological polar surface area (TPSA) is 61.6 Å². The quantitative estimate of drug-likeness (QED) is 0.772. The minimum absolute atomic E-state index is 0.0644. The van der Waals surface area contributed by atoms with Crippen molar-refractivity contribution in [3.63, 3.8) is 0 Å². The van der Waals surface area contributed by atoms with Crippen molar-refractivity contribution in [1.82, 2.24) is 14.7 Å². The van der Waals surface area contributed by atoms with Crippen LogP contribution in [0.15, 0.2) is 10.7 Å². The molecule has 6 heteroatoms. The van der Waals surface area contributed by atoms with Crippen molar-refractivity contribution in [2.24, 2.45) is 0 Å². The van der Waals surface area contributed by atoms with Crippen LogP contribution in [0.5, 0.6) is 0 Å². The molecule has 0 bridgehead atoms. The lowest BCUT2D eigenvalue weighted by Crippen LogP contribution is -2.33. The van der Waals surface area contributed by atoms with Crippen LogP contribution in [-0.2, 0) is 0 Å². The molecule has 0 saturated carbocycles. The second kappa shape index (κ2) is 6.77. The highest BCUT2D eigenvalue weighted by atomic mass is 32.2. The molecule has 1 rings (SSSR count). The summed E-state index contributed by atoms with van der Waals surface area (Å²) in [5.41, 5.74) is 0. The summed E-state index contributed by atoms with van der Waals surface area (Å²) in [6.45, 7) is 4.09. The highest BCUT2D eigenvalue weighted by Crippen LogP contribution is 2.19. The van der Waals surface area contributed by atoms with Crippen LogP contribution in [0, 0.1) is 11.3 Å². The summed E-state index contributed by atoms with van der Waals surface area (Å²) in [6.07, 6.45) is 2.39. The number of aromatic nitrogens is 2. The molecule has 0 radical (unpaired) electrons. The molecular weight excluding hydrogens is 228 g/mol. The molecular formula is C9H14N4S2. The lowest BCUT2D eigenvalue weighted by Gasteiger charge is -2.13. The first kappa shape index (κ1) is 12.4. The monoisotopic (exact) mass is 242 g/mol. The number of hydrogen-bond donors (Lipinski definition) is 1. The van der Waals surface area contributed by atoms with Crippen LogP contribution < -0.4 is 5.32 Å². The molecule has 0 saturated heterocycles. The molecule has 1 aromatic heterocycles. The van der Waals surface area contributed by atoms with Gasteiger partial charge < -0.3 is 0 Å². The number of nitriles is 1. The normalized spacial score (nSPS) is 12.7. The van der Waals surface area contributed by atoms with Gasteiger partial charge in [-0.25, -0.2) is 4.98 Å². The van der Waals surface area contributed by atoms with Crippen molar-refractivity contribution in [3.05, 3.63) is 6.33 Å². The third kappa shape index (κ3) is 5.11. The molecule has 1 N–H and O–H groups in total. The van der Waals surface area contributed by atoms with E-state index < -0.39 is 0 Å². The average Bonchev–Trinajstić information content (AvgIpc) is 2.68. The predicted molar refractivity (Wildman–Crippen MR) is 62.9 cm³/mol. The Labute approximate surface area is 98.3 Å². The van der Waals surface area contributed by atoms with Gasteiger partial charge in [-0.3, -0.25) is 5.32 Å². The van der Waals surface area contributed by atoms with Gasteiger partial charge in [0, 0.05) is 11.8 Å². The maximum Gasteiger partial charge on any atom is 0.169 e. The van der Waals surface area contributed by atoms with E-state index in [1.165, 1.54) is 11.5 Å². The van der Waals surface area contributed by atoms with Gasteiger partial charge in [-0.05, 0) is 31.8 Å². The lowest BCUT2D eigenvalue weighted by molar-refractivity contribution is 0.522. The Morgan fingerprint density at radius 2 is 2.47 bits per heavy atom. The number of hydrogen-bond acceptors (Lipinski definition) is 6. The van der Waals surface area contributed by atoms with Gasteiger partial charge in [-0.15, -0.1) is 0 Å². The highest BCUT2D eigenvalue weighted by molar-refractivity contribution is 8.00. The van der Waals surface area contributed by atoms with Crippen LogP contribution in [0.3, 0.4) is 0 Å². The summed E-state index contributed by atoms with van der Waals surface area (Å²) >= 11 is 3.05. The third-order valence-electron chi connectivity index (χ3n) is 1.66. The Hall–Kier alpha value is -0.640. The summed E-state index contributed by atoms with van der Waals surface area (Å²) in [7, 11) is 0. The molecule has 1 heterocycles. The summed E-state index contributed by atoms with van der Waals surface area (Å²) < 4.78 is 4.89. The third-order valence-corrected chi connectivity index (χ3v) is 3.49. The fourth-order valence-corrected chi connectivity index (χ4v) is 2.60. The smallest absolute Gasteiger partial charge is 0.169 e. The van der Waals surface area contributed by atoms with Gasteiger partial charge in [-0.1, -0.05) is 11.8 Å². The Kier molecular flexibility index (Phi) is 5.61. The minimum Gasteiger partial charge on any atom is -0.300 e. The maximum atomic E-state index is 8.88. The number of rotatable bonds is 6. The van der Waals surface area contributed by atoms with Crippen molar-refractivity contribution < 1.29 is 0 Å². The van der Waals surface area contributed by atoms with Gasteiger partial charge in [0.15, 0.2) is 4.34 Å². The largest absolute Gasteiger partial charge is 0.300 e. The van der Waals surface area contributed by atoms with Crippen molar-refractivity contribution >= 4 is 23.3 Å². The van der Waals surface area contributed by atoms with E-state index in [1.807, 2.05) is 13.8 Å². The molecule has 0 aliphatic carbocycles. The van der Waals surface area contributed by atoms with Crippen LogP contribution in [0.25, 0.3) is 0 Å². The Bertz CT molecular complexity index is 304. The van der Waals surface area contributed by atoms with Crippen LogP contribution >= 0.6 is 23.3 Å². The highest BCUT2D eigenvalue weighted by Gasteiger charge is 2.08. The van der Waals surface area contributed by atoms with E-state index in [-0.39, 0.29) is 6.04 Å². The summed E-state index contributed by atoms with van der Waals surface area (Å²) in [5, 5.41) is 12.1. The van der Waals surface area contributed by atoms with Gasteiger partial charge in [0.1, 0.15) is 6.33 Å². The predicted octanol–water partition coefficient (Wildman–Crippen LogP) is 1.91. The number of nitrogens with zero attached hydrogens (tertiary/aromatic N) is 3. The molecule has 4 nitrogen and oxygen atoms in total. The molecule has 0 spiro atoms.